The summed E-state index contributed by atoms with van der Waals surface area (Å²) in [5, 5.41) is 17.0. The molecule has 21 heavy (non-hydrogen) atoms. The maximum Gasteiger partial charge on any atom is 0.353 e. The van der Waals surface area contributed by atoms with Gasteiger partial charge in [0.15, 0.2) is 0 Å². The number of nitrogens with one attached hydrogen (secondary N) is 2. The number of nitrogens with zero attached hydrogens (tertiary/aromatic N) is 4. The van der Waals surface area contributed by atoms with Crippen LogP contribution in [-0.4, -0.2) is 46.5 Å². The van der Waals surface area contributed by atoms with Gasteiger partial charge in [-0.1, -0.05) is 0 Å². The maximum absolute atomic E-state index is 11.3. The second-order valence-corrected chi connectivity index (χ2v) is 4.81. The fraction of sp³-hybridized carbons (Fsp3) is 0.583. The fourth-order valence-electron chi connectivity index (χ4n) is 2.42. The minimum Gasteiger partial charge on any atom is -0.364 e. The van der Waals surface area contributed by atoms with Gasteiger partial charge in [0.25, 0.3) is 0 Å². The SMILES string of the molecule is CCNc1ncnc(N2CCC(NC(C)=O)C2)c1[N+](=O)[O-]. The Bertz CT molecular complexity index is 550. The van der Waals surface area contributed by atoms with Gasteiger partial charge in [0.1, 0.15) is 6.33 Å². The van der Waals surface area contributed by atoms with E-state index in [1.54, 1.807) is 4.90 Å². The van der Waals surface area contributed by atoms with Crippen LogP contribution in [-0.2, 0) is 4.79 Å². The van der Waals surface area contributed by atoms with Gasteiger partial charge >= 0.3 is 5.69 Å². The molecular weight excluding hydrogens is 276 g/mol. The maximum atomic E-state index is 11.3. The second kappa shape index (κ2) is 6.33. The topological polar surface area (TPSA) is 113 Å². The molecule has 2 heterocycles. The number of anilines is 2. The van der Waals surface area contributed by atoms with E-state index in [1.807, 2.05) is 6.92 Å². The fourth-order valence-corrected chi connectivity index (χ4v) is 2.42. The Morgan fingerprint density at radius 3 is 2.95 bits per heavy atom. The van der Waals surface area contributed by atoms with Crippen molar-refractivity contribution in [2.45, 2.75) is 26.3 Å². The summed E-state index contributed by atoms with van der Waals surface area (Å²) in [5.41, 5.74) is -0.122. The van der Waals surface area contributed by atoms with Crippen LogP contribution >= 0.6 is 0 Å². The molecule has 1 amide bonds. The van der Waals surface area contributed by atoms with Crippen molar-refractivity contribution in [2.75, 3.05) is 29.9 Å². The van der Waals surface area contributed by atoms with Crippen molar-refractivity contribution in [3.05, 3.63) is 16.4 Å². The number of aromatic nitrogens is 2. The molecule has 1 fully saturated rings. The van der Waals surface area contributed by atoms with E-state index < -0.39 is 4.92 Å². The van der Waals surface area contributed by atoms with Gasteiger partial charge in [-0.3, -0.25) is 14.9 Å². The molecule has 0 bridgehead atoms. The van der Waals surface area contributed by atoms with Gasteiger partial charge in [0, 0.05) is 32.6 Å². The van der Waals surface area contributed by atoms with Crippen molar-refractivity contribution < 1.29 is 9.72 Å². The molecule has 1 aromatic rings. The van der Waals surface area contributed by atoms with Crippen molar-refractivity contribution in [2.24, 2.45) is 0 Å². The molecule has 114 valence electrons. The normalized spacial score (nSPS) is 17.6. The lowest BCUT2D eigenvalue weighted by molar-refractivity contribution is -0.383. The van der Waals surface area contributed by atoms with Crippen LogP contribution in [0.5, 0.6) is 0 Å². The summed E-state index contributed by atoms with van der Waals surface area (Å²) in [6.45, 7) is 4.94. The van der Waals surface area contributed by atoms with Gasteiger partial charge in [0.05, 0.1) is 4.92 Å². The monoisotopic (exact) mass is 294 g/mol. The van der Waals surface area contributed by atoms with Crippen molar-refractivity contribution in [3.8, 4) is 0 Å². The van der Waals surface area contributed by atoms with E-state index in [-0.39, 0.29) is 23.5 Å². The van der Waals surface area contributed by atoms with Gasteiger partial charge in [0.2, 0.25) is 17.5 Å². The minimum absolute atomic E-state index is 0.0142. The smallest absolute Gasteiger partial charge is 0.353 e. The van der Waals surface area contributed by atoms with Crippen molar-refractivity contribution in [1.82, 2.24) is 15.3 Å². The largest absolute Gasteiger partial charge is 0.364 e. The van der Waals surface area contributed by atoms with E-state index >= 15 is 0 Å². The van der Waals surface area contributed by atoms with Crippen LogP contribution in [0.1, 0.15) is 20.3 Å². The highest BCUT2D eigenvalue weighted by molar-refractivity contribution is 5.74. The molecule has 0 spiro atoms. The first-order valence-corrected chi connectivity index (χ1v) is 6.78. The Morgan fingerprint density at radius 2 is 2.33 bits per heavy atom. The summed E-state index contributed by atoms with van der Waals surface area (Å²) in [7, 11) is 0. The van der Waals surface area contributed by atoms with Crippen LogP contribution in [0.3, 0.4) is 0 Å². The second-order valence-electron chi connectivity index (χ2n) is 4.81. The van der Waals surface area contributed by atoms with Gasteiger partial charge < -0.3 is 15.5 Å². The van der Waals surface area contributed by atoms with E-state index in [2.05, 4.69) is 20.6 Å². The van der Waals surface area contributed by atoms with E-state index in [4.69, 9.17) is 0 Å². The van der Waals surface area contributed by atoms with Crippen molar-refractivity contribution in [1.29, 1.82) is 0 Å². The lowest BCUT2D eigenvalue weighted by atomic mass is 10.2. The predicted molar refractivity (Wildman–Crippen MR) is 77.3 cm³/mol. The molecule has 2 rings (SSSR count). The average Bonchev–Trinajstić information content (AvgIpc) is 2.86. The van der Waals surface area contributed by atoms with Crippen LogP contribution in [0.4, 0.5) is 17.3 Å². The highest BCUT2D eigenvalue weighted by atomic mass is 16.6. The molecule has 0 aromatic carbocycles. The Balaban J connectivity index is 2.26. The average molecular weight is 294 g/mol. The Kier molecular flexibility index (Phi) is 4.51. The molecule has 1 aliphatic rings. The quantitative estimate of drug-likeness (QED) is 0.601. The van der Waals surface area contributed by atoms with E-state index in [1.165, 1.54) is 13.3 Å². The first-order valence-electron chi connectivity index (χ1n) is 6.78. The highest BCUT2D eigenvalue weighted by Crippen LogP contribution is 2.33. The molecule has 1 unspecified atom stereocenters. The lowest BCUT2D eigenvalue weighted by Gasteiger charge is -2.18. The third-order valence-corrected chi connectivity index (χ3v) is 3.22. The summed E-state index contributed by atoms with van der Waals surface area (Å²) in [6.07, 6.45) is 2.04. The summed E-state index contributed by atoms with van der Waals surface area (Å²) < 4.78 is 0. The lowest BCUT2D eigenvalue weighted by Crippen LogP contribution is -2.35. The number of carbonyl (C=O) groups is 1. The van der Waals surface area contributed by atoms with Crippen molar-refractivity contribution in [3.63, 3.8) is 0 Å². The Labute approximate surface area is 121 Å². The van der Waals surface area contributed by atoms with Crippen LogP contribution in [0.2, 0.25) is 0 Å². The van der Waals surface area contributed by atoms with E-state index in [9.17, 15) is 14.9 Å². The summed E-state index contributed by atoms with van der Waals surface area (Å²) in [5.74, 6) is 0.404. The molecule has 0 radical (unpaired) electrons. The van der Waals surface area contributed by atoms with Crippen LogP contribution in [0.15, 0.2) is 6.33 Å². The number of rotatable bonds is 5. The summed E-state index contributed by atoms with van der Waals surface area (Å²) in [4.78, 5) is 31.7. The first-order chi connectivity index (χ1) is 10.0. The van der Waals surface area contributed by atoms with Gasteiger partial charge in [-0.15, -0.1) is 0 Å². The number of amides is 1. The zero-order chi connectivity index (χ0) is 15.4. The van der Waals surface area contributed by atoms with E-state index in [0.29, 0.717) is 25.5 Å². The summed E-state index contributed by atoms with van der Waals surface area (Å²) >= 11 is 0. The third kappa shape index (κ3) is 3.36. The molecule has 2 N–H and O–H groups in total. The molecule has 1 atom stereocenters. The van der Waals surface area contributed by atoms with Crippen LogP contribution in [0.25, 0.3) is 0 Å². The number of hydrogen-bond acceptors (Lipinski definition) is 7. The minimum atomic E-state index is -0.473. The van der Waals surface area contributed by atoms with Gasteiger partial charge in [-0.25, -0.2) is 9.97 Å². The molecule has 1 saturated heterocycles. The molecule has 1 aliphatic heterocycles. The zero-order valence-electron chi connectivity index (χ0n) is 12.0. The molecular formula is C12H18N6O3. The van der Waals surface area contributed by atoms with Crippen LogP contribution < -0.4 is 15.5 Å². The highest BCUT2D eigenvalue weighted by Gasteiger charge is 2.31. The number of carbonyl (C=O) groups excluding carboxylic acids is 1. The molecule has 0 saturated carbocycles. The molecule has 1 aromatic heterocycles. The Hall–Kier alpha value is -2.45. The molecule has 9 heteroatoms. The predicted octanol–water partition coefficient (Wildman–Crippen LogP) is 0.531. The third-order valence-electron chi connectivity index (χ3n) is 3.22. The molecule has 9 nitrogen and oxygen atoms in total. The first kappa shape index (κ1) is 14.9. The van der Waals surface area contributed by atoms with Gasteiger partial charge in [-0.2, -0.15) is 0 Å². The standard InChI is InChI=1S/C12H18N6O3/c1-3-13-11-10(18(20)21)12(15-7-14-11)17-5-4-9(6-17)16-8(2)19/h7,9H,3-6H2,1-2H3,(H,16,19)(H,13,14,15). The number of hydrogen-bond donors (Lipinski definition) is 2. The van der Waals surface area contributed by atoms with Crippen LogP contribution in [0, 0.1) is 10.1 Å². The zero-order valence-corrected chi connectivity index (χ0v) is 12.0. The van der Waals surface area contributed by atoms with Crippen molar-refractivity contribution >= 4 is 23.2 Å². The van der Waals surface area contributed by atoms with E-state index in [0.717, 1.165) is 6.42 Å². The summed E-state index contributed by atoms with van der Waals surface area (Å²) in [6, 6.07) is -0.0142. The molecule has 0 aliphatic carbocycles. The number of nitro groups is 1. The van der Waals surface area contributed by atoms with Gasteiger partial charge in [-0.05, 0) is 13.3 Å². The Morgan fingerprint density at radius 1 is 1.57 bits per heavy atom.